The summed E-state index contributed by atoms with van der Waals surface area (Å²) in [5.74, 6) is 0.214. The Morgan fingerprint density at radius 2 is 2.07 bits per heavy atom. The van der Waals surface area contributed by atoms with Crippen LogP contribution in [-0.2, 0) is 14.3 Å². The van der Waals surface area contributed by atoms with Gasteiger partial charge in [0.2, 0.25) is 0 Å². The molecule has 4 nitrogen and oxygen atoms in total. The van der Waals surface area contributed by atoms with Gasteiger partial charge in [-0.15, -0.1) is 0 Å². The molecule has 0 rings (SSSR count). The zero-order valence-corrected chi connectivity index (χ0v) is 9.29. The van der Waals surface area contributed by atoms with E-state index in [0.717, 1.165) is 6.42 Å². The molecule has 0 bridgehead atoms. The van der Waals surface area contributed by atoms with E-state index in [9.17, 15) is 4.79 Å². The Balaban J connectivity index is 3.43. The number of rotatable bonds is 7. The Bertz CT molecular complexity index is 159. The second-order valence-electron chi connectivity index (χ2n) is 3.62. The molecule has 0 saturated heterocycles. The molecule has 0 heterocycles. The molecule has 0 amide bonds. The predicted molar refractivity (Wildman–Crippen MR) is 54.9 cm³/mol. The number of hydrogen-bond acceptors (Lipinski definition) is 4. The molecule has 1 unspecified atom stereocenters. The number of esters is 1. The van der Waals surface area contributed by atoms with Gasteiger partial charge < -0.3 is 15.2 Å². The van der Waals surface area contributed by atoms with Crippen LogP contribution in [-0.4, -0.2) is 31.8 Å². The predicted octanol–water partition coefficient (Wildman–Crippen LogP) is 0.939. The van der Waals surface area contributed by atoms with Gasteiger partial charge in [0.05, 0.1) is 13.2 Å². The maximum atomic E-state index is 11.0. The van der Waals surface area contributed by atoms with Crippen molar-refractivity contribution in [3.63, 3.8) is 0 Å². The molecule has 0 radical (unpaired) electrons. The van der Waals surface area contributed by atoms with Crippen molar-refractivity contribution in [3.05, 3.63) is 0 Å². The van der Waals surface area contributed by atoms with Crippen molar-refractivity contribution in [3.8, 4) is 0 Å². The van der Waals surface area contributed by atoms with E-state index in [1.54, 1.807) is 6.92 Å². The molecular formula is C10H21NO3. The lowest BCUT2D eigenvalue weighted by Crippen LogP contribution is -2.36. The maximum Gasteiger partial charge on any atom is 0.325 e. The fraction of sp³-hybridized carbons (Fsp3) is 0.900. The van der Waals surface area contributed by atoms with Crippen LogP contribution in [0.4, 0.5) is 0 Å². The van der Waals surface area contributed by atoms with Gasteiger partial charge in [0.15, 0.2) is 0 Å². The van der Waals surface area contributed by atoms with Crippen LogP contribution in [0.2, 0.25) is 0 Å². The van der Waals surface area contributed by atoms with E-state index >= 15 is 0 Å². The topological polar surface area (TPSA) is 61.5 Å². The second-order valence-corrected chi connectivity index (χ2v) is 3.62. The van der Waals surface area contributed by atoms with Gasteiger partial charge in [-0.25, -0.2) is 0 Å². The average molecular weight is 203 g/mol. The smallest absolute Gasteiger partial charge is 0.325 e. The minimum Gasteiger partial charge on any atom is -0.465 e. The van der Waals surface area contributed by atoms with Crippen LogP contribution in [0.15, 0.2) is 0 Å². The van der Waals surface area contributed by atoms with E-state index < -0.39 is 12.0 Å². The minimum atomic E-state index is -0.651. The summed E-state index contributed by atoms with van der Waals surface area (Å²) in [7, 11) is 0. The third-order valence-electron chi connectivity index (χ3n) is 1.73. The van der Waals surface area contributed by atoms with Crippen molar-refractivity contribution < 1.29 is 14.3 Å². The molecule has 84 valence electrons. The Morgan fingerprint density at radius 1 is 1.43 bits per heavy atom. The number of ether oxygens (including phenoxy) is 2. The summed E-state index contributed by atoms with van der Waals surface area (Å²) in [6.07, 6.45) is 0.982. The van der Waals surface area contributed by atoms with Crippen molar-refractivity contribution in [2.75, 3.05) is 19.8 Å². The largest absolute Gasteiger partial charge is 0.465 e. The Hall–Kier alpha value is -0.610. The van der Waals surface area contributed by atoms with Gasteiger partial charge in [0.25, 0.3) is 0 Å². The highest BCUT2D eigenvalue weighted by Crippen LogP contribution is 1.99. The van der Waals surface area contributed by atoms with Crippen molar-refractivity contribution in [1.82, 2.24) is 0 Å². The fourth-order valence-corrected chi connectivity index (χ4v) is 0.847. The molecule has 0 fully saturated rings. The SMILES string of the molecule is CCOC(=O)C(N)COCCC(C)C. The summed E-state index contributed by atoms with van der Waals surface area (Å²) in [5.41, 5.74) is 5.52. The van der Waals surface area contributed by atoms with E-state index in [1.165, 1.54) is 0 Å². The third-order valence-corrected chi connectivity index (χ3v) is 1.73. The van der Waals surface area contributed by atoms with Crippen LogP contribution in [0.3, 0.4) is 0 Å². The first-order chi connectivity index (χ1) is 6.57. The van der Waals surface area contributed by atoms with Crippen molar-refractivity contribution >= 4 is 5.97 Å². The highest BCUT2D eigenvalue weighted by atomic mass is 16.5. The lowest BCUT2D eigenvalue weighted by Gasteiger charge is -2.11. The summed E-state index contributed by atoms with van der Waals surface area (Å²) in [6.45, 7) is 7.24. The summed E-state index contributed by atoms with van der Waals surface area (Å²) in [4.78, 5) is 11.0. The molecule has 0 aromatic heterocycles. The van der Waals surface area contributed by atoms with Gasteiger partial charge in [-0.2, -0.15) is 0 Å². The molecule has 0 aromatic carbocycles. The Kier molecular flexibility index (Phi) is 7.42. The van der Waals surface area contributed by atoms with Crippen LogP contribution in [0.1, 0.15) is 27.2 Å². The second kappa shape index (κ2) is 7.76. The highest BCUT2D eigenvalue weighted by molar-refractivity contribution is 5.75. The molecular weight excluding hydrogens is 182 g/mol. The monoisotopic (exact) mass is 203 g/mol. The van der Waals surface area contributed by atoms with Crippen LogP contribution in [0.25, 0.3) is 0 Å². The van der Waals surface area contributed by atoms with Crippen LogP contribution in [0.5, 0.6) is 0 Å². The number of hydrogen-bond donors (Lipinski definition) is 1. The first kappa shape index (κ1) is 13.4. The lowest BCUT2D eigenvalue weighted by atomic mass is 10.1. The molecule has 0 spiro atoms. The summed E-state index contributed by atoms with van der Waals surface area (Å²) in [5, 5.41) is 0. The quantitative estimate of drug-likeness (QED) is 0.494. The van der Waals surface area contributed by atoms with Gasteiger partial charge in [-0.3, -0.25) is 4.79 Å². The standard InChI is InChI=1S/C10H21NO3/c1-4-14-10(12)9(11)7-13-6-5-8(2)3/h8-9H,4-7,11H2,1-3H3. The maximum absolute atomic E-state index is 11.0. The first-order valence-corrected chi connectivity index (χ1v) is 5.07. The van der Waals surface area contributed by atoms with Gasteiger partial charge in [0, 0.05) is 6.61 Å². The van der Waals surface area contributed by atoms with E-state index in [4.69, 9.17) is 15.2 Å². The molecule has 0 aliphatic carbocycles. The lowest BCUT2D eigenvalue weighted by molar-refractivity contribution is -0.146. The normalized spacial score (nSPS) is 12.9. The minimum absolute atomic E-state index is 0.242. The molecule has 0 saturated carbocycles. The van der Waals surface area contributed by atoms with Gasteiger partial charge in [-0.1, -0.05) is 13.8 Å². The molecule has 0 aliphatic heterocycles. The van der Waals surface area contributed by atoms with Crippen molar-refractivity contribution in [2.45, 2.75) is 33.2 Å². The Labute approximate surface area is 85.8 Å². The molecule has 4 heteroatoms. The van der Waals surface area contributed by atoms with Gasteiger partial charge in [0.1, 0.15) is 6.04 Å². The summed E-state index contributed by atoms with van der Waals surface area (Å²) < 4.78 is 9.99. The zero-order valence-electron chi connectivity index (χ0n) is 9.29. The molecule has 2 N–H and O–H groups in total. The van der Waals surface area contributed by atoms with Gasteiger partial charge >= 0.3 is 5.97 Å². The van der Waals surface area contributed by atoms with Crippen molar-refractivity contribution in [2.24, 2.45) is 11.7 Å². The van der Waals surface area contributed by atoms with Crippen molar-refractivity contribution in [1.29, 1.82) is 0 Å². The van der Waals surface area contributed by atoms with Crippen LogP contribution >= 0.6 is 0 Å². The zero-order chi connectivity index (χ0) is 11.0. The van der Waals surface area contributed by atoms with E-state index in [-0.39, 0.29) is 6.61 Å². The molecule has 14 heavy (non-hydrogen) atoms. The van der Waals surface area contributed by atoms with E-state index in [2.05, 4.69) is 13.8 Å². The van der Waals surface area contributed by atoms with Crippen LogP contribution in [0, 0.1) is 5.92 Å². The average Bonchev–Trinajstić information content (AvgIpc) is 2.12. The third kappa shape index (κ3) is 6.86. The number of carbonyl (C=O) groups is 1. The fourth-order valence-electron chi connectivity index (χ4n) is 0.847. The Morgan fingerprint density at radius 3 is 2.57 bits per heavy atom. The molecule has 0 aliphatic rings. The molecule has 1 atom stereocenters. The van der Waals surface area contributed by atoms with Gasteiger partial charge in [-0.05, 0) is 19.3 Å². The molecule has 0 aromatic rings. The van der Waals surface area contributed by atoms with E-state index in [0.29, 0.717) is 19.1 Å². The number of nitrogens with two attached hydrogens (primary N) is 1. The summed E-state index contributed by atoms with van der Waals surface area (Å²) in [6, 6.07) is -0.651. The highest BCUT2D eigenvalue weighted by Gasteiger charge is 2.14. The van der Waals surface area contributed by atoms with Crippen LogP contribution < -0.4 is 5.73 Å². The summed E-state index contributed by atoms with van der Waals surface area (Å²) >= 11 is 0. The first-order valence-electron chi connectivity index (χ1n) is 5.07. The van der Waals surface area contributed by atoms with E-state index in [1.807, 2.05) is 0 Å². The number of carbonyl (C=O) groups excluding carboxylic acids is 1.